The highest BCUT2D eigenvalue weighted by atomic mass is 16.5. The lowest BCUT2D eigenvalue weighted by Crippen LogP contribution is -2.03. The van der Waals surface area contributed by atoms with Crippen LogP contribution in [0.3, 0.4) is 0 Å². The van der Waals surface area contributed by atoms with Gasteiger partial charge in [0.1, 0.15) is 5.75 Å². The zero-order valence-corrected chi connectivity index (χ0v) is 9.85. The predicted octanol–water partition coefficient (Wildman–Crippen LogP) is 3.35. The second kappa shape index (κ2) is 4.15. The van der Waals surface area contributed by atoms with Gasteiger partial charge in [0.25, 0.3) is 0 Å². The lowest BCUT2D eigenvalue weighted by molar-refractivity contribution is -0.128. The van der Waals surface area contributed by atoms with Gasteiger partial charge < -0.3 is 4.74 Å². The minimum atomic E-state index is -0.425. The lowest BCUT2D eigenvalue weighted by atomic mass is 10.1. The van der Waals surface area contributed by atoms with Gasteiger partial charge in [0.05, 0.1) is 0 Å². The molecule has 0 aliphatic heterocycles. The summed E-state index contributed by atoms with van der Waals surface area (Å²) in [6.45, 7) is 3.39. The van der Waals surface area contributed by atoms with Crippen molar-refractivity contribution in [2.75, 3.05) is 0 Å². The van der Waals surface area contributed by atoms with Crippen molar-refractivity contribution in [2.45, 2.75) is 6.42 Å². The smallest absolute Gasteiger partial charge is 0.335 e. The van der Waals surface area contributed by atoms with Crippen molar-refractivity contribution in [2.24, 2.45) is 0 Å². The number of rotatable bonds is 2. The molecule has 0 bridgehead atoms. The average molecular weight is 236 g/mol. The fourth-order valence-corrected chi connectivity index (χ4v) is 2.34. The Morgan fingerprint density at radius 2 is 1.89 bits per heavy atom. The summed E-state index contributed by atoms with van der Waals surface area (Å²) in [4.78, 5) is 11.2. The van der Waals surface area contributed by atoms with E-state index in [0.29, 0.717) is 5.75 Å². The number of hydrogen-bond acceptors (Lipinski definition) is 2. The number of carbonyl (C=O) groups excluding carboxylic acids is 1. The summed E-state index contributed by atoms with van der Waals surface area (Å²) in [5.74, 6) is 0.150. The van der Waals surface area contributed by atoms with Gasteiger partial charge in [0.15, 0.2) is 0 Å². The van der Waals surface area contributed by atoms with Crippen molar-refractivity contribution < 1.29 is 9.53 Å². The molecule has 2 heteroatoms. The molecule has 0 spiro atoms. The summed E-state index contributed by atoms with van der Waals surface area (Å²) in [6.07, 6.45) is 2.06. The Labute approximate surface area is 106 Å². The molecule has 0 saturated carbocycles. The predicted molar refractivity (Wildman–Crippen MR) is 70.5 cm³/mol. The summed E-state index contributed by atoms with van der Waals surface area (Å²) in [6, 6.07) is 14.1. The largest absolute Gasteiger partial charge is 0.423 e. The second-order valence-electron chi connectivity index (χ2n) is 4.28. The van der Waals surface area contributed by atoms with Crippen LogP contribution in [0.2, 0.25) is 0 Å². The van der Waals surface area contributed by atoms with E-state index in [4.69, 9.17) is 4.74 Å². The SMILES string of the molecule is C=CC(=O)Oc1ccc2c(c1)Cc1ccccc1-2. The molecule has 0 heterocycles. The van der Waals surface area contributed by atoms with Crippen LogP contribution in [0.25, 0.3) is 11.1 Å². The monoisotopic (exact) mass is 236 g/mol. The lowest BCUT2D eigenvalue weighted by Gasteiger charge is -2.04. The van der Waals surface area contributed by atoms with Crippen LogP contribution in [0.15, 0.2) is 55.1 Å². The molecule has 2 nitrogen and oxygen atoms in total. The van der Waals surface area contributed by atoms with Crippen LogP contribution in [0.5, 0.6) is 5.75 Å². The molecule has 0 radical (unpaired) electrons. The molecule has 0 saturated heterocycles. The van der Waals surface area contributed by atoms with Crippen molar-refractivity contribution >= 4 is 5.97 Å². The first kappa shape index (κ1) is 10.8. The Morgan fingerprint density at radius 1 is 1.11 bits per heavy atom. The van der Waals surface area contributed by atoms with Gasteiger partial charge in [-0.15, -0.1) is 0 Å². The van der Waals surface area contributed by atoms with Crippen molar-refractivity contribution in [3.8, 4) is 16.9 Å². The van der Waals surface area contributed by atoms with Crippen LogP contribution in [-0.4, -0.2) is 5.97 Å². The Hall–Kier alpha value is -2.35. The molecular formula is C16H12O2. The fourth-order valence-electron chi connectivity index (χ4n) is 2.34. The van der Waals surface area contributed by atoms with Gasteiger partial charge in [-0.3, -0.25) is 0 Å². The van der Waals surface area contributed by atoms with Crippen LogP contribution >= 0.6 is 0 Å². The van der Waals surface area contributed by atoms with Crippen molar-refractivity contribution in [1.29, 1.82) is 0 Å². The Bertz CT molecular complexity index is 641. The van der Waals surface area contributed by atoms with Gasteiger partial charge in [0, 0.05) is 6.08 Å². The maximum atomic E-state index is 11.2. The summed E-state index contributed by atoms with van der Waals surface area (Å²) < 4.78 is 5.13. The molecule has 0 N–H and O–H groups in total. The van der Waals surface area contributed by atoms with Gasteiger partial charge in [0.2, 0.25) is 0 Å². The van der Waals surface area contributed by atoms with Crippen molar-refractivity contribution in [3.63, 3.8) is 0 Å². The molecule has 3 rings (SSSR count). The van der Waals surface area contributed by atoms with Gasteiger partial charge in [-0.1, -0.05) is 36.9 Å². The minimum absolute atomic E-state index is 0.425. The molecule has 18 heavy (non-hydrogen) atoms. The van der Waals surface area contributed by atoms with Crippen LogP contribution < -0.4 is 4.74 Å². The molecule has 2 aromatic carbocycles. The maximum Gasteiger partial charge on any atom is 0.335 e. The van der Waals surface area contributed by atoms with Gasteiger partial charge >= 0.3 is 5.97 Å². The van der Waals surface area contributed by atoms with E-state index in [1.54, 1.807) is 0 Å². The molecule has 2 aromatic rings. The highest BCUT2D eigenvalue weighted by Gasteiger charge is 2.18. The van der Waals surface area contributed by atoms with E-state index >= 15 is 0 Å². The maximum absolute atomic E-state index is 11.2. The third-order valence-electron chi connectivity index (χ3n) is 3.15. The van der Waals surface area contributed by atoms with Crippen LogP contribution in [0.1, 0.15) is 11.1 Å². The molecule has 0 amide bonds. The number of ether oxygens (including phenoxy) is 1. The zero-order chi connectivity index (χ0) is 12.5. The summed E-state index contributed by atoms with van der Waals surface area (Å²) in [5.41, 5.74) is 5.02. The van der Waals surface area contributed by atoms with Crippen molar-refractivity contribution in [1.82, 2.24) is 0 Å². The topological polar surface area (TPSA) is 26.3 Å². The molecular weight excluding hydrogens is 224 g/mol. The number of benzene rings is 2. The molecule has 88 valence electrons. The van der Waals surface area contributed by atoms with Crippen LogP contribution in [0, 0.1) is 0 Å². The van der Waals surface area contributed by atoms with Gasteiger partial charge in [-0.2, -0.15) is 0 Å². The van der Waals surface area contributed by atoms with E-state index < -0.39 is 5.97 Å². The van der Waals surface area contributed by atoms with E-state index in [2.05, 4.69) is 18.7 Å². The summed E-state index contributed by atoms with van der Waals surface area (Å²) in [7, 11) is 0. The molecule has 0 aromatic heterocycles. The number of esters is 1. The third kappa shape index (κ3) is 1.72. The second-order valence-corrected chi connectivity index (χ2v) is 4.28. The first-order valence-electron chi connectivity index (χ1n) is 5.83. The summed E-state index contributed by atoms with van der Waals surface area (Å²) >= 11 is 0. The standard InChI is InChI=1S/C16H12O2/c1-2-16(17)18-13-7-8-15-12(10-13)9-11-5-3-4-6-14(11)15/h2-8,10H,1,9H2. The highest BCUT2D eigenvalue weighted by molar-refractivity contribution is 5.84. The molecule has 0 unspecified atom stereocenters. The average Bonchev–Trinajstić information content (AvgIpc) is 2.76. The van der Waals surface area contributed by atoms with E-state index in [9.17, 15) is 4.79 Å². The first-order valence-corrected chi connectivity index (χ1v) is 5.83. The molecule has 1 aliphatic rings. The van der Waals surface area contributed by atoms with Crippen LogP contribution in [-0.2, 0) is 11.2 Å². The zero-order valence-electron chi connectivity index (χ0n) is 9.85. The van der Waals surface area contributed by atoms with Crippen LogP contribution in [0.4, 0.5) is 0 Å². The van der Waals surface area contributed by atoms with E-state index in [1.807, 2.05) is 30.3 Å². The van der Waals surface area contributed by atoms with Gasteiger partial charge in [-0.25, -0.2) is 4.79 Å². The number of hydrogen-bond donors (Lipinski definition) is 0. The van der Waals surface area contributed by atoms with E-state index in [0.717, 1.165) is 6.42 Å². The molecule has 0 atom stereocenters. The van der Waals surface area contributed by atoms with E-state index in [-0.39, 0.29) is 0 Å². The quantitative estimate of drug-likeness (QED) is 0.387. The Balaban J connectivity index is 1.98. The Kier molecular flexibility index (Phi) is 2.49. The number of fused-ring (bicyclic) bond motifs is 3. The van der Waals surface area contributed by atoms with Gasteiger partial charge in [-0.05, 0) is 40.8 Å². The highest BCUT2D eigenvalue weighted by Crippen LogP contribution is 2.37. The first-order chi connectivity index (χ1) is 8.78. The number of carbonyl (C=O) groups is 1. The third-order valence-corrected chi connectivity index (χ3v) is 3.15. The molecule has 1 aliphatic carbocycles. The minimum Gasteiger partial charge on any atom is -0.423 e. The van der Waals surface area contributed by atoms with Crippen molar-refractivity contribution in [3.05, 3.63) is 66.2 Å². The molecule has 0 fully saturated rings. The fraction of sp³-hybridized carbons (Fsp3) is 0.0625. The van der Waals surface area contributed by atoms with E-state index in [1.165, 1.54) is 28.3 Å². The normalized spacial score (nSPS) is 11.6. The Morgan fingerprint density at radius 3 is 2.72 bits per heavy atom. The summed E-state index contributed by atoms with van der Waals surface area (Å²) in [5, 5.41) is 0.